The third-order valence-electron chi connectivity index (χ3n) is 5.57. The van der Waals surface area contributed by atoms with Crippen molar-refractivity contribution in [3.8, 4) is 0 Å². The van der Waals surface area contributed by atoms with Gasteiger partial charge < -0.3 is 12.4 Å². The van der Waals surface area contributed by atoms with Crippen LogP contribution in [0.5, 0.6) is 0 Å². The normalized spacial score (nSPS) is 26.0. The van der Waals surface area contributed by atoms with Crippen molar-refractivity contribution in [2.45, 2.75) is 57.8 Å². The number of fused-ring (bicyclic) bond motifs is 1. The minimum absolute atomic E-state index is 0. The van der Waals surface area contributed by atoms with Crippen LogP contribution in [0.3, 0.4) is 0 Å². The summed E-state index contributed by atoms with van der Waals surface area (Å²) in [7, 11) is 8.09. The van der Waals surface area contributed by atoms with Gasteiger partial charge in [-0.25, -0.2) is 0 Å². The van der Waals surface area contributed by atoms with Crippen LogP contribution in [0.15, 0.2) is 54.6 Å². The van der Waals surface area contributed by atoms with Crippen molar-refractivity contribution in [3.05, 3.63) is 72.6 Å². The molecule has 0 amide bonds. The molecule has 4 unspecified atom stereocenters. The van der Waals surface area contributed by atoms with E-state index < -0.39 is 25.3 Å². The zero-order chi connectivity index (χ0) is 20.1. The number of hydrogen-bond acceptors (Lipinski definition) is 0. The molecule has 2 aliphatic carbocycles. The summed E-state index contributed by atoms with van der Waals surface area (Å²) in [5, 5.41) is 0. The van der Waals surface area contributed by atoms with Gasteiger partial charge in [-0.15, -0.1) is 5.54 Å². The molecule has 1 fully saturated rings. The number of benzene rings is 1. The zero-order valence-electron chi connectivity index (χ0n) is 18.1. The van der Waals surface area contributed by atoms with Gasteiger partial charge in [0, 0.05) is 0 Å². The van der Waals surface area contributed by atoms with Crippen LogP contribution < -0.4 is 0 Å². The standard InChI is InChI=1S/C22H32NSi.CH3.2ClH.Ti/c1-22(2,3)23-24(4,5)21-19(15-17-11-7-6-8-12-17)16-18-13-9-10-14-20(18)21;;;;/h6-14,18-21H,15-16H2,1-5H3;1H3;2*1H;/q2*-1;;;+2/p-2. The fraction of sp³-hybridized carbons (Fsp3) is 0.522. The third-order valence-corrected chi connectivity index (χ3v) is 9.31. The summed E-state index contributed by atoms with van der Waals surface area (Å²) in [4.78, 5) is 5.39. The Hall–Kier alpha value is 0.171. The molecule has 1 aromatic carbocycles. The van der Waals surface area contributed by atoms with Crippen molar-refractivity contribution in [3.63, 3.8) is 0 Å². The maximum absolute atomic E-state index is 5.39. The second-order valence-electron chi connectivity index (χ2n) is 9.23. The Labute approximate surface area is 191 Å². The molecule has 0 N–H and O–H groups in total. The summed E-state index contributed by atoms with van der Waals surface area (Å²) in [6.07, 6.45) is 12.0. The van der Waals surface area contributed by atoms with E-state index in [1.54, 1.807) is 0 Å². The number of nitrogens with zero attached hydrogens (tertiary/aromatic N) is 1. The van der Waals surface area contributed by atoms with Crippen molar-refractivity contribution >= 4 is 26.8 Å². The Morgan fingerprint density at radius 3 is 2.21 bits per heavy atom. The predicted molar refractivity (Wildman–Crippen MR) is 126 cm³/mol. The average molecular weight is 472 g/mol. The van der Waals surface area contributed by atoms with E-state index in [1.165, 1.54) is 18.4 Å². The molecule has 0 aromatic heterocycles. The van der Waals surface area contributed by atoms with Crippen LogP contribution in [0.25, 0.3) is 4.98 Å². The quantitative estimate of drug-likeness (QED) is 0.310. The van der Waals surface area contributed by atoms with E-state index in [1.807, 2.05) is 0 Å². The Morgan fingerprint density at radius 1 is 1.07 bits per heavy atom. The van der Waals surface area contributed by atoms with E-state index in [0.717, 1.165) is 17.4 Å². The molecule has 0 spiro atoms. The SMILES string of the molecule is CC(C)(C)[N-][Si](C)(C)C1C(Cc2ccccc2)CC2C=CC=CC21.[CH3-].[Cl][Ti][Cl]. The Morgan fingerprint density at radius 2 is 1.64 bits per heavy atom. The predicted octanol–water partition coefficient (Wildman–Crippen LogP) is 8.18. The molecule has 2 aliphatic rings. The molecule has 0 heterocycles. The summed E-state index contributed by atoms with van der Waals surface area (Å²) in [5.41, 5.74) is 2.29. The first-order valence-corrected chi connectivity index (χ1v) is 17.1. The average Bonchev–Trinajstić information content (AvgIpc) is 2.93. The molecule has 1 nitrogen and oxygen atoms in total. The summed E-state index contributed by atoms with van der Waals surface area (Å²) < 4.78 is 0. The molecular weight excluding hydrogens is 437 g/mol. The Bertz CT molecular complexity index is 640. The first kappa shape index (κ1) is 26.2. The summed E-state index contributed by atoms with van der Waals surface area (Å²) >= 11 is -0.556. The van der Waals surface area contributed by atoms with E-state index in [4.69, 9.17) is 23.6 Å². The molecule has 5 heteroatoms. The number of hydrogen-bond donors (Lipinski definition) is 0. The molecule has 3 rings (SSSR count). The van der Waals surface area contributed by atoms with Gasteiger partial charge in [0.25, 0.3) is 0 Å². The van der Waals surface area contributed by atoms with Crippen molar-refractivity contribution < 1.29 is 17.0 Å². The Kier molecular flexibility index (Phi) is 10.8. The van der Waals surface area contributed by atoms with Gasteiger partial charge in [0.2, 0.25) is 0 Å². The van der Waals surface area contributed by atoms with Gasteiger partial charge >= 0.3 is 35.6 Å². The molecule has 1 saturated carbocycles. The van der Waals surface area contributed by atoms with Crippen LogP contribution in [-0.4, -0.2) is 13.8 Å². The first-order valence-electron chi connectivity index (χ1n) is 9.77. The fourth-order valence-corrected chi connectivity index (χ4v) is 9.80. The summed E-state index contributed by atoms with van der Waals surface area (Å²) in [6.45, 7) is 11.8. The van der Waals surface area contributed by atoms with Crippen LogP contribution in [0.2, 0.25) is 18.6 Å². The van der Waals surface area contributed by atoms with E-state index in [9.17, 15) is 0 Å². The number of rotatable bonds is 4. The second kappa shape index (κ2) is 11.5. The van der Waals surface area contributed by atoms with Crippen LogP contribution in [0.4, 0.5) is 0 Å². The molecule has 0 bridgehead atoms. The minimum atomic E-state index is -1.69. The van der Waals surface area contributed by atoms with E-state index in [0.29, 0.717) is 5.92 Å². The fourth-order valence-electron chi connectivity index (χ4n) is 5.22. The van der Waals surface area contributed by atoms with Crippen LogP contribution in [0.1, 0.15) is 32.8 Å². The topological polar surface area (TPSA) is 14.1 Å². The number of allylic oxidation sites excluding steroid dienone is 4. The second-order valence-corrected chi connectivity index (χ2v) is 16.0. The van der Waals surface area contributed by atoms with E-state index in [2.05, 4.69) is 88.5 Å². The van der Waals surface area contributed by atoms with E-state index in [-0.39, 0.29) is 13.0 Å². The molecule has 0 radical (unpaired) electrons. The van der Waals surface area contributed by atoms with Gasteiger partial charge in [0.05, 0.1) is 0 Å². The molecule has 156 valence electrons. The molecule has 0 aliphatic heterocycles. The van der Waals surface area contributed by atoms with Gasteiger partial charge in [0.1, 0.15) is 0 Å². The first-order chi connectivity index (χ1) is 12.7. The molecule has 0 saturated heterocycles. The maximum atomic E-state index is 5.39. The summed E-state index contributed by atoms with van der Waals surface area (Å²) in [6, 6.07) is 11.1. The van der Waals surface area contributed by atoms with Crippen molar-refractivity contribution in [2.24, 2.45) is 17.8 Å². The van der Waals surface area contributed by atoms with Crippen molar-refractivity contribution in [2.75, 3.05) is 0 Å². The van der Waals surface area contributed by atoms with Crippen molar-refractivity contribution in [1.82, 2.24) is 0 Å². The summed E-state index contributed by atoms with van der Waals surface area (Å²) in [5.74, 6) is 2.16. The van der Waals surface area contributed by atoms with Gasteiger partial charge in [0.15, 0.2) is 0 Å². The zero-order valence-corrected chi connectivity index (χ0v) is 22.2. The van der Waals surface area contributed by atoms with Gasteiger partial charge in [-0.1, -0.05) is 102 Å². The monoisotopic (exact) mass is 471 g/mol. The van der Waals surface area contributed by atoms with Crippen LogP contribution >= 0.6 is 18.6 Å². The molecular formula is C23H35Cl2NSiTi-2. The van der Waals surface area contributed by atoms with Gasteiger partial charge in [-0.3, -0.25) is 0 Å². The van der Waals surface area contributed by atoms with Gasteiger partial charge in [-0.05, 0) is 36.2 Å². The van der Waals surface area contributed by atoms with Crippen LogP contribution in [0, 0.1) is 25.2 Å². The van der Waals surface area contributed by atoms with Gasteiger partial charge in [-0.2, -0.15) is 0 Å². The number of halogens is 2. The molecule has 4 atom stereocenters. The molecule has 1 aromatic rings. The third kappa shape index (κ3) is 7.45. The van der Waals surface area contributed by atoms with E-state index >= 15 is 0 Å². The van der Waals surface area contributed by atoms with Crippen molar-refractivity contribution in [1.29, 1.82) is 0 Å². The Balaban J connectivity index is 0.000000921. The van der Waals surface area contributed by atoms with Crippen LogP contribution in [-0.2, 0) is 23.5 Å². The molecule has 28 heavy (non-hydrogen) atoms.